The minimum absolute atomic E-state index is 0.161. The summed E-state index contributed by atoms with van der Waals surface area (Å²) in [6.07, 6.45) is 0.842. The molecule has 1 unspecified atom stereocenters. The molecule has 1 heterocycles. The molecule has 1 fully saturated rings. The number of fused-ring (bicyclic) bond motifs is 1. The highest BCUT2D eigenvalue weighted by Gasteiger charge is 2.22. The van der Waals surface area contributed by atoms with Crippen molar-refractivity contribution in [1.29, 1.82) is 0 Å². The highest BCUT2D eigenvalue weighted by molar-refractivity contribution is 5.87. The van der Waals surface area contributed by atoms with Crippen LogP contribution in [0.5, 0.6) is 5.75 Å². The molecule has 3 rings (SSSR count). The van der Waals surface area contributed by atoms with Gasteiger partial charge in [0.15, 0.2) is 0 Å². The molecular weight excluding hydrogens is 262 g/mol. The monoisotopic (exact) mass is 285 g/mol. The SMILES string of the molecule is CC(C)Oc1ccc2ccccc2c1CN1CCC(O)C1. The predicted molar refractivity (Wildman–Crippen MR) is 85.6 cm³/mol. The maximum atomic E-state index is 9.73. The Morgan fingerprint density at radius 2 is 2.05 bits per heavy atom. The van der Waals surface area contributed by atoms with Gasteiger partial charge in [0.25, 0.3) is 0 Å². The Hall–Kier alpha value is -1.58. The van der Waals surface area contributed by atoms with Crippen LogP contribution in [-0.4, -0.2) is 35.3 Å². The second kappa shape index (κ2) is 6.04. The lowest BCUT2D eigenvalue weighted by atomic mass is 10.0. The van der Waals surface area contributed by atoms with Crippen molar-refractivity contribution in [3.8, 4) is 5.75 Å². The summed E-state index contributed by atoms with van der Waals surface area (Å²) in [7, 11) is 0. The molecule has 1 aliphatic heterocycles. The molecule has 0 aliphatic carbocycles. The Balaban J connectivity index is 1.98. The van der Waals surface area contributed by atoms with Gasteiger partial charge in [0, 0.05) is 25.2 Å². The molecule has 2 aromatic rings. The summed E-state index contributed by atoms with van der Waals surface area (Å²) in [5.74, 6) is 0.963. The first kappa shape index (κ1) is 14.4. The minimum Gasteiger partial charge on any atom is -0.491 e. The molecule has 1 aliphatic rings. The van der Waals surface area contributed by atoms with E-state index in [0.29, 0.717) is 0 Å². The molecule has 0 radical (unpaired) electrons. The van der Waals surface area contributed by atoms with Gasteiger partial charge in [0.2, 0.25) is 0 Å². The van der Waals surface area contributed by atoms with E-state index in [2.05, 4.69) is 55.1 Å². The minimum atomic E-state index is -0.186. The molecule has 0 amide bonds. The topological polar surface area (TPSA) is 32.7 Å². The number of hydrogen-bond acceptors (Lipinski definition) is 3. The van der Waals surface area contributed by atoms with E-state index in [1.54, 1.807) is 0 Å². The summed E-state index contributed by atoms with van der Waals surface area (Å²) in [6.45, 7) is 6.65. The van der Waals surface area contributed by atoms with Crippen molar-refractivity contribution >= 4 is 10.8 Å². The molecule has 112 valence electrons. The summed E-state index contributed by atoms with van der Waals surface area (Å²) in [4.78, 5) is 2.31. The summed E-state index contributed by atoms with van der Waals surface area (Å²) < 4.78 is 6.00. The Morgan fingerprint density at radius 1 is 1.24 bits per heavy atom. The lowest BCUT2D eigenvalue weighted by Crippen LogP contribution is -2.22. The molecular formula is C18H23NO2. The van der Waals surface area contributed by atoms with Crippen LogP contribution < -0.4 is 4.74 Å². The Bertz CT molecular complexity index is 624. The predicted octanol–water partition coefficient (Wildman–Crippen LogP) is 3.19. The van der Waals surface area contributed by atoms with Crippen molar-refractivity contribution in [3.05, 3.63) is 42.0 Å². The van der Waals surface area contributed by atoms with E-state index in [4.69, 9.17) is 4.74 Å². The molecule has 1 saturated heterocycles. The number of aliphatic hydroxyl groups is 1. The van der Waals surface area contributed by atoms with Gasteiger partial charge in [-0.3, -0.25) is 4.90 Å². The van der Waals surface area contributed by atoms with E-state index in [1.807, 2.05) is 0 Å². The Kier molecular flexibility index (Phi) is 4.13. The fourth-order valence-corrected chi connectivity index (χ4v) is 3.02. The molecule has 0 spiro atoms. The standard InChI is InChI=1S/C18H23NO2/c1-13(2)21-18-8-7-14-5-3-4-6-16(14)17(18)12-19-10-9-15(20)11-19/h3-8,13,15,20H,9-12H2,1-2H3. The number of benzene rings is 2. The van der Waals surface area contributed by atoms with Crippen LogP contribution in [-0.2, 0) is 6.54 Å². The number of likely N-dealkylation sites (tertiary alicyclic amines) is 1. The third-order valence-corrected chi connectivity index (χ3v) is 3.99. The molecule has 3 nitrogen and oxygen atoms in total. The van der Waals surface area contributed by atoms with Gasteiger partial charge in [0.05, 0.1) is 12.2 Å². The van der Waals surface area contributed by atoms with Crippen LogP contribution in [0.4, 0.5) is 0 Å². The molecule has 1 N–H and O–H groups in total. The average molecular weight is 285 g/mol. The van der Waals surface area contributed by atoms with E-state index in [-0.39, 0.29) is 12.2 Å². The average Bonchev–Trinajstić information content (AvgIpc) is 2.86. The molecule has 3 heteroatoms. The molecule has 0 bridgehead atoms. The van der Waals surface area contributed by atoms with Crippen LogP contribution in [0.25, 0.3) is 10.8 Å². The van der Waals surface area contributed by atoms with Gasteiger partial charge in [-0.1, -0.05) is 30.3 Å². The third-order valence-electron chi connectivity index (χ3n) is 3.99. The normalized spacial score (nSPS) is 19.5. The summed E-state index contributed by atoms with van der Waals surface area (Å²) in [5.41, 5.74) is 1.23. The van der Waals surface area contributed by atoms with Crippen molar-refractivity contribution in [2.75, 3.05) is 13.1 Å². The fourth-order valence-electron chi connectivity index (χ4n) is 3.02. The smallest absolute Gasteiger partial charge is 0.124 e. The Morgan fingerprint density at radius 3 is 2.76 bits per heavy atom. The number of rotatable bonds is 4. The van der Waals surface area contributed by atoms with Crippen LogP contribution in [0.1, 0.15) is 25.8 Å². The lowest BCUT2D eigenvalue weighted by Gasteiger charge is -2.21. The summed E-state index contributed by atoms with van der Waals surface area (Å²) in [6, 6.07) is 12.6. The van der Waals surface area contributed by atoms with E-state index in [0.717, 1.165) is 31.8 Å². The van der Waals surface area contributed by atoms with Crippen LogP contribution in [0.3, 0.4) is 0 Å². The summed E-state index contributed by atoms with van der Waals surface area (Å²) >= 11 is 0. The number of ether oxygens (including phenoxy) is 1. The second-order valence-corrected chi connectivity index (χ2v) is 6.11. The number of hydrogen-bond donors (Lipinski definition) is 1. The molecule has 1 atom stereocenters. The molecule has 0 saturated carbocycles. The van der Waals surface area contributed by atoms with Gasteiger partial charge in [0.1, 0.15) is 5.75 Å². The number of β-amino-alcohol motifs (C(OH)–C–C–N with tert-alkyl or cyclic N) is 1. The van der Waals surface area contributed by atoms with Gasteiger partial charge in [-0.05, 0) is 37.1 Å². The maximum absolute atomic E-state index is 9.73. The quantitative estimate of drug-likeness (QED) is 0.936. The zero-order chi connectivity index (χ0) is 14.8. The molecule has 21 heavy (non-hydrogen) atoms. The highest BCUT2D eigenvalue weighted by Crippen LogP contribution is 2.31. The lowest BCUT2D eigenvalue weighted by molar-refractivity contribution is 0.173. The van der Waals surface area contributed by atoms with Gasteiger partial charge in [-0.15, -0.1) is 0 Å². The van der Waals surface area contributed by atoms with Crippen molar-refractivity contribution < 1.29 is 9.84 Å². The van der Waals surface area contributed by atoms with E-state index in [1.165, 1.54) is 16.3 Å². The van der Waals surface area contributed by atoms with Crippen LogP contribution in [0.15, 0.2) is 36.4 Å². The zero-order valence-electron chi connectivity index (χ0n) is 12.7. The van der Waals surface area contributed by atoms with E-state index < -0.39 is 0 Å². The number of aliphatic hydroxyl groups excluding tert-OH is 1. The van der Waals surface area contributed by atoms with Crippen LogP contribution >= 0.6 is 0 Å². The van der Waals surface area contributed by atoms with Crippen LogP contribution in [0.2, 0.25) is 0 Å². The van der Waals surface area contributed by atoms with E-state index in [9.17, 15) is 5.11 Å². The zero-order valence-corrected chi connectivity index (χ0v) is 12.7. The first-order valence-electron chi connectivity index (χ1n) is 7.71. The Labute approximate surface area is 126 Å². The largest absolute Gasteiger partial charge is 0.491 e. The third kappa shape index (κ3) is 3.20. The highest BCUT2D eigenvalue weighted by atomic mass is 16.5. The fraction of sp³-hybridized carbons (Fsp3) is 0.444. The van der Waals surface area contributed by atoms with E-state index >= 15 is 0 Å². The van der Waals surface area contributed by atoms with Gasteiger partial charge >= 0.3 is 0 Å². The van der Waals surface area contributed by atoms with Crippen molar-refractivity contribution in [2.45, 2.75) is 39.0 Å². The van der Waals surface area contributed by atoms with Crippen molar-refractivity contribution in [3.63, 3.8) is 0 Å². The second-order valence-electron chi connectivity index (χ2n) is 6.11. The van der Waals surface area contributed by atoms with Crippen molar-refractivity contribution in [2.24, 2.45) is 0 Å². The van der Waals surface area contributed by atoms with Gasteiger partial charge in [-0.2, -0.15) is 0 Å². The van der Waals surface area contributed by atoms with Gasteiger partial charge < -0.3 is 9.84 Å². The number of nitrogens with zero attached hydrogens (tertiary/aromatic N) is 1. The first-order valence-corrected chi connectivity index (χ1v) is 7.71. The van der Waals surface area contributed by atoms with Gasteiger partial charge in [-0.25, -0.2) is 0 Å². The summed E-state index contributed by atoms with van der Waals surface area (Å²) in [5, 5.41) is 12.2. The molecule has 2 aromatic carbocycles. The van der Waals surface area contributed by atoms with Crippen molar-refractivity contribution in [1.82, 2.24) is 4.90 Å². The van der Waals surface area contributed by atoms with Crippen LogP contribution in [0, 0.1) is 0 Å². The molecule has 0 aromatic heterocycles. The maximum Gasteiger partial charge on any atom is 0.124 e. The first-order chi connectivity index (χ1) is 10.1.